The molecule has 2 aromatic carbocycles. The molecule has 1 N–H and O–H groups in total. The van der Waals surface area contributed by atoms with E-state index in [0.717, 1.165) is 0 Å². The van der Waals surface area contributed by atoms with Gasteiger partial charge < -0.3 is 5.32 Å². The Bertz CT molecular complexity index is 1060. The number of halogens is 2. The van der Waals surface area contributed by atoms with Crippen LogP contribution in [0.3, 0.4) is 0 Å². The van der Waals surface area contributed by atoms with Gasteiger partial charge in [-0.15, -0.1) is 11.3 Å². The zero-order valence-electron chi connectivity index (χ0n) is 16.3. The second-order valence-corrected chi connectivity index (χ2v) is 11.2. The van der Waals surface area contributed by atoms with Gasteiger partial charge in [0.15, 0.2) is 0 Å². The van der Waals surface area contributed by atoms with Crippen LogP contribution in [-0.4, -0.2) is 6.04 Å². The van der Waals surface area contributed by atoms with E-state index >= 15 is 0 Å². The molecule has 1 aromatic heterocycles. The molecule has 144 valence electrons. The van der Waals surface area contributed by atoms with Gasteiger partial charge >= 0.3 is 35.6 Å². The standard InChI is InChI=1S/C23H23NS.2ClH.Ti/c1-13-11-12-16-7-6-9-18(22(16)24-13)21-15(3)14(2)20-17-8-4-5-10-19(17)25-23(20)21;;;/h4-10,13-14,24H,11-12H2,1-3H3;2*1H;/q;;;+2/p-2. The maximum atomic E-state index is 4.89. The zero-order chi connectivity index (χ0) is 19.8. The van der Waals surface area contributed by atoms with Crippen LogP contribution in [0.5, 0.6) is 0 Å². The molecular formula is C23H23Cl2NSTi. The SMILES string of the molecule is CC1=C(c2cccc3c2NC(C)CC3)c2sc3ccccc3c2C1C.[Cl][Ti][Cl]. The Labute approximate surface area is 187 Å². The molecule has 0 bridgehead atoms. The van der Waals surface area contributed by atoms with Crippen molar-refractivity contribution in [1.29, 1.82) is 0 Å². The molecule has 1 aliphatic heterocycles. The molecular weight excluding hydrogens is 441 g/mol. The molecule has 3 aromatic rings. The van der Waals surface area contributed by atoms with Gasteiger partial charge in [0.1, 0.15) is 0 Å². The van der Waals surface area contributed by atoms with Gasteiger partial charge in [0, 0.05) is 38.4 Å². The topological polar surface area (TPSA) is 12.0 Å². The van der Waals surface area contributed by atoms with Crippen LogP contribution in [0.1, 0.15) is 54.7 Å². The van der Waals surface area contributed by atoms with Gasteiger partial charge in [0.05, 0.1) is 0 Å². The molecule has 28 heavy (non-hydrogen) atoms. The van der Waals surface area contributed by atoms with Crippen molar-refractivity contribution in [3.63, 3.8) is 0 Å². The third kappa shape index (κ3) is 3.48. The van der Waals surface area contributed by atoms with E-state index in [9.17, 15) is 0 Å². The first kappa shape index (κ1) is 20.5. The minimum atomic E-state index is -0.556. The van der Waals surface area contributed by atoms with E-state index in [-0.39, 0.29) is 0 Å². The van der Waals surface area contributed by atoms with E-state index in [1.165, 1.54) is 61.3 Å². The van der Waals surface area contributed by atoms with Crippen LogP contribution in [0.4, 0.5) is 5.69 Å². The van der Waals surface area contributed by atoms with E-state index in [4.69, 9.17) is 18.6 Å². The first-order valence-electron chi connectivity index (χ1n) is 9.64. The summed E-state index contributed by atoms with van der Waals surface area (Å²) in [5.41, 5.74) is 8.77. The predicted octanol–water partition coefficient (Wildman–Crippen LogP) is 7.96. The summed E-state index contributed by atoms with van der Waals surface area (Å²) < 4.78 is 1.41. The third-order valence-electron chi connectivity index (χ3n) is 6.00. The number of para-hydroxylation sites is 1. The van der Waals surface area contributed by atoms with E-state index < -0.39 is 17.0 Å². The van der Waals surface area contributed by atoms with E-state index in [1.54, 1.807) is 0 Å². The van der Waals surface area contributed by atoms with Gasteiger partial charge in [-0.05, 0) is 49.3 Å². The molecule has 0 amide bonds. The van der Waals surface area contributed by atoms with Crippen LogP contribution in [-0.2, 0) is 23.5 Å². The zero-order valence-corrected chi connectivity index (χ0v) is 20.2. The van der Waals surface area contributed by atoms with Gasteiger partial charge in [-0.1, -0.05) is 48.9 Å². The first-order valence-corrected chi connectivity index (χ1v) is 14.8. The summed E-state index contributed by atoms with van der Waals surface area (Å²) in [4.78, 5) is 1.49. The fraction of sp³-hybridized carbons (Fsp3) is 0.304. The number of aryl methyl sites for hydroxylation is 1. The van der Waals surface area contributed by atoms with Crippen molar-refractivity contribution < 1.29 is 17.0 Å². The molecule has 1 nitrogen and oxygen atoms in total. The fourth-order valence-electron chi connectivity index (χ4n) is 4.51. The monoisotopic (exact) mass is 463 g/mol. The average molecular weight is 464 g/mol. The quantitative estimate of drug-likeness (QED) is 0.360. The molecule has 0 saturated carbocycles. The molecule has 5 heteroatoms. The number of nitrogens with one attached hydrogen (secondary N) is 1. The van der Waals surface area contributed by atoms with Crippen molar-refractivity contribution >= 4 is 51.3 Å². The number of anilines is 1. The van der Waals surface area contributed by atoms with Crippen molar-refractivity contribution in [2.75, 3.05) is 5.32 Å². The molecule has 1 aliphatic carbocycles. The van der Waals surface area contributed by atoms with Gasteiger partial charge in [0.25, 0.3) is 0 Å². The van der Waals surface area contributed by atoms with Crippen molar-refractivity contribution in [1.82, 2.24) is 0 Å². The number of hydrogen-bond acceptors (Lipinski definition) is 2. The summed E-state index contributed by atoms with van der Waals surface area (Å²) in [5, 5.41) is 5.22. The molecule has 0 spiro atoms. The van der Waals surface area contributed by atoms with E-state index in [2.05, 4.69) is 68.6 Å². The fourth-order valence-corrected chi connectivity index (χ4v) is 5.93. The number of benzene rings is 2. The second kappa shape index (κ2) is 8.54. The average Bonchev–Trinajstić information content (AvgIpc) is 3.17. The minimum absolute atomic E-state index is 0.498. The molecule has 0 fully saturated rings. The molecule has 0 radical (unpaired) electrons. The maximum absolute atomic E-state index is 4.89. The van der Waals surface area contributed by atoms with Crippen molar-refractivity contribution in [3.05, 3.63) is 69.6 Å². The van der Waals surface area contributed by atoms with Crippen molar-refractivity contribution in [2.45, 2.75) is 45.6 Å². The summed E-state index contributed by atoms with van der Waals surface area (Å²) in [6.45, 7) is 6.99. The Hall–Kier alpha value is -0.766. The molecule has 2 atom stereocenters. The Balaban J connectivity index is 0.000000604. The number of fused-ring (bicyclic) bond motifs is 4. The summed E-state index contributed by atoms with van der Waals surface area (Å²) >= 11 is 1.41. The predicted molar refractivity (Wildman–Crippen MR) is 121 cm³/mol. The molecule has 2 heterocycles. The van der Waals surface area contributed by atoms with Crippen LogP contribution < -0.4 is 5.32 Å². The molecule has 2 aliphatic rings. The van der Waals surface area contributed by atoms with Gasteiger partial charge in [0.2, 0.25) is 0 Å². The summed E-state index contributed by atoms with van der Waals surface area (Å²) in [7, 11) is 9.78. The van der Waals surface area contributed by atoms with Crippen LogP contribution in [0, 0.1) is 0 Å². The van der Waals surface area contributed by atoms with Crippen LogP contribution >= 0.6 is 29.9 Å². The molecule has 5 rings (SSSR count). The van der Waals surface area contributed by atoms with Crippen LogP contribution in [0.2, 0.25) is 0 Å². The summed E-state index contributed by atoms with van der Waals surface area (Å²) in [6, 6.07) is 16.3. The van der Waals surface area contributed by atoms with Crippen molar-refractivity contribution in [2.24, 2.45) is 0 Å². The van der Waals surface area contributed by atoms with Crippen LogP contribution in [0.25, 0.3) is 15.7 Å². The Morgan fingerprint density at radius 1 is 1.07 bits per heavy atom. The second-order valence-electron chi connectivity index (χ2n) is 7.62. The van der Waals surface area contributed by atoms with Crippen molar-refractivity contribution in [3.8, 4) is 0 Å². The van der Waals surface area contributed by atoms with Crippen LogP contribution in [0.15, 0.2) is 48.0 Å². The Morgan fingerprint density at radius 3 is 2.61 bits per heavy atom. The summed E-state index contributed by atoms with van der Waals surface area (Å²) in [6.07, 6.45) is 2.40. The third-order valence-corrected chi connectivity index (χ3v) is 7.20. The normalized spacial score (nSPS) is 20.2. The number of allylic oxidation sites excluding steroid dienone is 1. The number of rotatable bonds is 1. The number of hydrogen-bond donors (Lipinski definition) is 1. The van der Waals surface area contributed by atoms with E-state index in [0.29, 0.717) is 12.0 Å². The van der Waals surface area contributed by atoms with E-state index in [1.807, 2.05) is 11.3 Å². The number of thiophene rings is 1. The van der Waals surface area contributed by atoms with Gasteiger partial charge in [-0.2, -0.15) is 0 Å². The summed E-state index contributed by atoms with van der Waals surface area (Å²) in [5.74, 6) is 0.498. The molecule has 2 unspecified atom stereocenters. The first-order chi connectivity index (χ1) is 13.6. The van der Waals surface area contributed by atoms with Gasteiger partial charge in [-0.3, -0.25) is 0 Å². The Morgan fingerprint density at radius 2 is 1.82 bits per heavy atom. The Kier molecular flexibility index (Phi) is 6.25. The molecule has 0 saturated heterocycles. The van der Waals surface area contributed by atoms with Gasteiger partial charge in [-0.25, -0.2) is 0 Å².